The van der Waals surface area contributed by atoms with Crippen molar-refractivity contribution in [1.82, 2.24) is 0 Å². The van der Waals surface area contributed by atoms with Crippen molar-refractivity contribution in [3.8, 4) is 17.2 Å². The Kier molecular flexibility index (Phi) is 21.1. The number of aromatic hydroxyl groups is 3. The van der Waals surface area contributed by atoms with Crippen molar-refractivity contribution >= 4 is 41.8 Å². The third-order valence-electron chi connectivity index (χ3n) is 5.81. The molecule has 0 saturated carbocycles. The van der Waals surface area contributed by atoms with Crippen LogP contribution < -0.4 is 0 Å². The predicted octanol–water partition coefficient (Wildman–Crippen LogP) is 5.83. The second kappa shape index (κ2) is 24.9. The molecule has 0 heterocycles. The lowest BCUT2D eigenvalue weighted by Gasteiger charge is -1.98. The lowest BCUT2D eigenvalue weighted by Crippen LogP contribution is -2.06. The van der Waals surface area contributed by atoms with Crippen LogP contribution in [0.1, 0.15) is 69.1 Å². The van der Waals surface area contributed by atoms with E-state index in [1.807, 2.05) is 0 Å². The van der Waals surface area contributed by atoms with E-state index in [2.05, 4.69) is 0 Å². The molecule has 0 bridgehead atoms. The SMILES string of the molecule is CC(=O)O.O=C(O)c1ccccc1.O=C(O)c1ccccc1C(=O)O.O=C(O)c1ccccc1O.O=C(O)c1ccccc1O.O=C(O)c1ccccc1O. The lowest BCUT2D eigenvalue weighted by molar-refractivity contribution is -0.134. The Labute approximate surface area is 311 Å². The Morgan fingerprint density at radius 2 is 0.509 bits per heavy atom. The number of hydrogen-bond acceptors (Lipinski definition) is 10. The third-order valence-corrected chi connectivity index (χ3v) is 5.81. The number of carboxylic acids is 7. The highest BCUT2D eigenvalue weighted by atomic mass is 16.4. The summed E-state index contributed by atoms with van der Waals surface area (Å²) in [7, 11) is 0. The molecular formula is C38H34O17. The van der Waals surface area contributed by atoms with Crippen molar-refractivity contribution in [3.05, 3.63) is 161 Å². The molecule has 0 fully saturated rings. The molecule has 0 atom stereocenters. The maximum absolute atomic E-state index is 10.5. The number of rotatable bonds is 6. The molecule has 0 unspecified atom stereocenters. The van der Waals surface area contributed by atoms with Gasteiger partial charge < -0.3 is 51.1 Å². The summed E-state index contributed by atoms with van der Waals surface area (Å²) in [6.07, 6.45) is 0. The molecule has 17 heteroatoms. The number of hydrogen-bond donors (Lipinski definition) is 10. The molecule has 0 aliphatic rings. The summed E-state index contributed by atoms with van der Waals surface area (Å²) >= 11 is 0. The molecule has 0 spiro atoms. The predicted molar refractivity (Wildman–Crippen MR) is 192 cm³/mol. The molecule has 17 nitrogen and oxygen atoms in total. The van der Waals surface area contributed by atoms with Gasteiger partial charge >= 0.3 is 35.8 Å². The van der Waals surface area contributed by atoms with Crippen LogP contribution in [0.3, 0.4) is 0 Å². The topological polar surface area (TPSA) is 322 Å². The molecule has 5 rings (SSSR count). The van der Waals surface area contributed by atoms with Gasteiger partial charge in [-0.1, -0.05) is 66.7 Å². The van der Waals surface area contributed by atoms with Crippen LogP contribution in [0.15, 0.2) is 127 Å². The second-order valence-corrected chi connectivity index (χ2v) is 9.81. The minimum atomic E-state index is -1.23. The van der Waals surface area contributed by atoms with Crippen LogP contribution in [0.5, 0.6) is 17.2 Å². The Morgan fingerprint density at radius 3 is 0.673 bits per heavy atom. The van der Waals surface area contributed by atoms with Crippen LogP contribution in [0.25, 0.3) is 0 Å². The van der Waals surface area contributed by atoms with Gasteiger partial charge in [-0.05, 0) is 60.7 Å². The largest absolute Gasteiger partial charge is 0.507 e. The standard InChI is InChI=1S/C8H6O4.3C7H6O3.C7H6O2.C2H4O2/c9-7(10)5-3-1-2-4-6(5)8(11)12;3*8-6-4-2-1-3-5(6)7(9)10;8-7(9)6-4-2-1-3-5-6;1-2(3)4/h1-4H,(H,9,10)(H,11,12);3*1-4,8H,(H,9,10);1-5H,(H,8,9);1H3,(H,3,4). The van der Waals surface area contributed by atoms with Gasteiger partial charge in [0.25, 0.3) is 5.97 Å². The normalized spacial score (nSPS) is 8.96. The highest BCUT2D eigenvalue weighted by Crippen LogP contribution is 2.16. The molecule has 10 N–H and O–H groups in total. The van der Waals surface area contributed by atoms with Crippen molar-refractivity contribution in [2.75, 3.05) is 0 Å². The first-order valence-corrected chi connectivity index (χ1v) is 14.9. The summed E-state index contributed by atoms with van der Waals surface area (Å²) in [4.78, 5) is 70.9. The number of benzene rings is 5. The maximum Gasteiger partial charge on any atom is 0.339 e. The summed E-state index contributed by atoms with van der Waals surface area (Å²) in [5.41, 5.74) is -0.250. The monoisotopic (exact) mass is 762 g/mol. The van der Waals surface area contributed by atoms with E-state index >= 15 is 0 Å². The summed E-state index contributed by atoms with van der Waals surface area (Å²) in [5, 5.41) is 84.8. The van der Waals surface area contributed by atoms with E-state index in [1.54, 1.807) is 66.7 Å². The zero-order chi connectivity index (χ0) is 42.1. The van der Waals surface area contributed by atoms with Crippen LogP contribution in [0.2, 0.25) is 0 Å². The summed E-state index contributed by atoms with van der Waals surface area (Å²) in [5.74, 6) is -8.11. The van der Waals surface area contributed by atoms with E-state index in [0.717, 1.165) is 6.92 Å². The average Bonchev–Trinajstić information content (AvgIpc) is 3.13. The summed E-state index contributed by atoms with van der Waals surface area (Å²) in [6, 6.07) is 31.2. The van der Waals surface area contributed by atoms with Gasteiger partial charge in [-0.3, -0.25) is 4.79 Å². The average molecular weight is 763 g/mol. The van der Waals surface area contributed by atoms with E-state index < -0.39 is 41.8 Å². The number of aliphatic carboxylic acids is 1. The van der Waals surface area contributed by atoms with Gasteiger partial charge in [-0.15, -0.1) is 0 Å². The quantitative estimate of drug-likeness (QED) is 0.0972. The molecule has 5 aromatic carbocycles. The van der Waals surface area contributed by atoms with Crippen molar-refractivity contribution < 1.29 is 84.6 Å². The van der Waals surface area contributed by atoms with Crippen molar-refractivity contribution in [2.45, 2.75) is 6.92 Å². The molecule has 0 saturated heterocycles. The molecule has 5 aromatic rings. The van der Waals surface area contributed by atoms with E-state index in [1.165, 1.54) is 60.7 Å². The third kappa shape index (κ3) is 19.1. The second-order valence-electron chi connectivity index (χ2n) is 9.81. The zero-order valence-electron chi connectivity index (χ0n) is 28.5. The highest BCUT2D eigenvalue weighted by molar-refractivity contribution is 6.01. The fourth-order valence-electron chi connectivity index (χ4n) is 3.40. The van der Waals surface area contributed by atoms with Gasteiger partial charge in [0.2, 0.25) is 0 Å². The molecule has 0 aliphatic heterocycles. The molecule has 0 aliphatic carbocycles. The van der Waals surface area contributed by atoms with Crippen LogP contribution in [-0.4, -0.2) is 92.9 Å². The zero-order valence-corrected chi connectivity index (χ0v) is 28.5. The van der Waals surface area contributed by atoms with Gasteiger partial charge in [-0.25, -0.2) is 28.8 Å². The number of aromatic carboxylic acids is 6. The van der Waals surface area contributed by atoms with Crippen LogP contribution in [-0.2, 0) is 4.79 Å². The number of phenols is 3. The van der Waals surface area contributed by atoms with Gasteiger partial charge in [0.15, 0.2) is 0 Å². The van der Waals surface area contributed by atoms with Crippen molar-refractivity contribution in [2.24, 2.45) is 0 Å². The smallest absolute Gasteiger partial charge is 0.339 e. The molecule has 55 heavy (non-hydrogen) atoms. The van der Waals surface area contributed by atoms with Crippen LogP contribution in [0, 0.1) is 0 Å². The summed E-state index contributed by atoms with van der Waals surface area (Å²) in [6.45, 7) is 1.08. The van der Waals surface area contributed by atoms with Gasteiger partial charge in [0.05, 0.1) is 16.7 Å². The molecule has 0 radical (unpaired) electrons. The number of para-hydroxylation sites is 3. The van der Waals surface area contributed by atoms with E-state index in [0.29, 0.717) is 5.56 Å². The summed E-state index contributed by atoms with van der Waals surface area (Å²) < 4.78 is 0. The van der Waals surface area contributed by atoms with Gasteiger partial charge in [-0.2, -0.15) is 0 Å². The Hall–Kier alpha value is -8.21. The Morgan fingerprint density at radius 1 is 0.309 bits per heavy atom. The minimum absolute atomic E-state index is 0.0671. The number of carboxylic acid groups (broad SMARTS) is 7. The van der Waals surface area contributed by atoms with E-state index in [-0.39, 0.29) is 45.1 Å². The van der Waals surface area contributed by atoms with E-state index in [9.17, 15) is 28.8 Å². The first-order valence-electron chi connectivity index (χ1n) is 14.9. The first-order chi connectivity index (χ1) is 25.8. The Balaban J connectivity index is 0.000000648. The van der Waals surface area contributed by atoms with Gasteiger partial charge in [0.1, 0.15) is 33.9 Å². The highest BCUT2D eigenvalue weighted by Gasteiger charge is 2.13. The van der Waals surface area contributed by atoms with Crippen molar-refractivity contribution in [1.29, 1.82) is 0 Å². The lowest BCUT2D eigenvalue weighted by atomic mass is 10.1. The number of carbonyl (C=O) groups is 7. The fourth-order valence-corrected chi connectivity index (χ4v) is 3.40. The van der Waals surface area contributed by atoms with Crippen molar-refractivity contribution in [3.63, 3.8) is 0 Å². The minimum Gasteiger partial charge on any atom is -0.507 e. The molecular weight excluding hydrogens is 728 g/mol. The van der Waals surface area contributed by atoms with E-state index in [4.69, 9.17) is 55.9 Å². The fraction of sp³-hybridized carbons (Fsp3) is 0.0263. The van der Waals surface area contributed by atoms with Crippen LogP contribution in [0.4, 0.5) is 0 Å². The first kappa shape index (κ1) is 46.8. The molecule has 288 valence electrons. The Bertz CT molecular complexity index is 1890. The molecule has 0 aromatic heterocycles. The maximum atomic E-state index is 10.5. The molecule has 0 amide bonds. The van der Waals surface area contributed by atoms with Gasteiger partial charge in [0, 0.05) is 6.92 Å². The van der Waals surface area contributed by atoms with Crippen LogP contribution >= 0.6 is 0 Å².